The van der Waals surface area contributed by atoms with Crippen molar-refractivity contribution in [2.75, 3.05) is 6.54 Å². The first-order valence-corrected chi connectivity index (χ1v) is 7.25. The van der Waals surface area contributed by atoms with E-state index in [0.717, 1.165) is 31.3 Å². The van der Waals surface area contributed by atoms with E-state index in [9.17, 15) is 12.8 Å². The molecule has 1 aliphatic rings. The van der Waals surface area contributed by atoms with Gasteiger partial charge in [-0.25, -0.2) is 12.8 Å². The third-order valence-electron chi connectivity index (χ3n) is 3.24. The first-order valence-electron chi connectivity index (χ1n) is 5.81. The van der Waals surface area contributed by atoms with Crippen molar-refractivity contribution in [2.24, 2.45) is 11.7 Å². The molecule has 100 valence electrons. The first kappa shape index (κ1) is 13.4. The highest BCUT2D eigenvalue weighted by Gasteiger charge is 2.35. The zero-order chi connectivity index (χ0) is 13.3. The van der Waals surface area contributed by atoms with Gasteiger partial charge >= 0.3 is 0 Å². The monoisotopic (exact) mass is 273 g/mol. The van der Waals surface area contributed by atoms with Crippen LogP contribution in [0.3, 0.4) is 0 Å². The molecule has 2 unspecified atom stereocenters. The summed E-state index contributed by atoms with van der Waals surface area (Å²) >= 11 is 0. The maximum atomic E-state index is 13.1. The lowest BCUT2D eigenvalue weighted by atomic mass is 9.99. The van der Waals surface area contributed by atoms with Crippen LogP contribution in [0.15, 0.2) is 23.4 Å². The number of hydrogen-bond acceptors (Lipinski definition) is 4. The summed E-state index contributed by atoms with van der Waals surface area (Å²) in [5.41, 5.74) is 5.92. The highest BCUT2D eigenvalue weighted by Crippen LogP contribution is 2.26. The molecule has 2 N–H and O–H groups in total. The molecule has 2 rings (SSSR count). The van der Waals surface area contributed by atoms with Gasteiger partial charge in [0, 0.05) is 12.7 Å². The van der Waals surface area contributed by atoms with Crippen LogP contribution in [0.25, 0.3) is 0 Å². The van der Waals surface area contributed by atoms with Gasteiger partial charge in [-0.05, 0) is 24.8 Å². The highest BCUT2D eigenvalue weighted by molar-refractivity contribution is 7.89. The van der Waals surface area contributed by atoms with Crippen LogP contribution in [0, 0.1) is 11.7 Å². The Morgan fingerprint density at radius 2 is 2.22 bits per heavy atom. The van der Waals surface area contributed by atoms with Crippen molar-refractivity contribution >= 4 is 10.0 Å². The van der Waals surface area contributed by atoms with E-state index < -0.39 is 22.0 Å². The summed E-state index contributed by atoms with van der Waals surface area (Å²) < 4.78 is 39.0. The molecule has 2 heterocycles. The van der Waals surface area contributed by atoms with Crippen molar-refractivity contribution in [3.63, 3.8) is 0 Å². The van der Waals surface area contributed by atoms with Gasteiger partial charge in [-0.15, -0.1) is 0 Å². The molecule has 5 nitrogen and oxygen atoms in total. The number of aromatic nitrogens is 1. The van der Waals surface area contributed by atoms with Gasteiger partial charge < -0.3 is 5.73 Å². The number of piperidine rings is 1. The van der Waals surface area contributed by atoms with Crippen LogP contribution in [0.4, 0.5) is 4.39 Å². The molecule has 0 saturated carbocycles. The number of nitrogens with zero attached hydrogens (tertiary/aromatic N) is 2. The van der Waals surface area contributed by atoms with Gasteiger partial charge in [0.05, 0.1) is 12.4 Å². The van der Waals surface area contributed by atoms with Gasteiger partial charge in [-0.2, -0.15) is 4.31 Å². The van der Waals surface area contributed by atoms with E-state index in [4.69, 9.17) is 5.73 Å². The normalized spacial score (nSPS) is 26.2. The second kappa shape index (κ2) is 4.91. The van der Waals surface area contributed by atoms with Crippen molar-refractivity contribution in [2.45, 2.75) is 30.8 Å². The quantitative estimate of drug-likeness (QED) is 0.869. The van der Waals surface area contributed by atoms with Crippen molar-refractivity contribution < 1.29 is 12.8 Å². The van der Waals surface area contributed by atoms with Crippen LogP contribution in [-0.2, 0) is 10.0 Å². The lowest BCUT2D eigenvalue weighted by Crippen LogP contribution is -2.52. The third kappa shape index (κ3) is 2.38. The number of pyridine rings is 1. The molecule has 1 aromatic heterocycles. The molecule has 0 spiro atoms. The average molecular weight is 273 g/mol. The number of sulfonamides is 1. The zero-order valence-electron chi connectivity index (χ0n) is 10.1. The molecule has 2 atom stereocenters. The molecular formula is C11H16FN3O2S. The number of rotatable bonds is 2. The minimum absolute atomic E-state index is 0.0926. The Bertz CT molecular complexity index is 535. The first-order chi connectivity index (χ1) is 8.43. The summed E-state index contributed by atoms with van der Waals surface area (Å²) in [6.45, 7) is 2.28. The average Bonchev–Trinajstić information content (AvgIpc) is 2.32. The van der Waals surface area contributed by atoms with E-state index in [1.165, 1.54) is 4.31 Å². The summed E-state index contributed by atoms with van der Waals surface area (Å²) in [7, 11) is -3.76. The minimum atomic E-state index is -3.76. The van der Waals surface area contributed by atoms with Crippen molar-refractivity contribution in [1.29, 1.82) is 0 Å². The van der Waals surface area contributed by atoms with E-state index in [1.807, 2.05) is 6.92 Å². The summed E-state index contributed by atoms with van der Waals surface area (Å²) in [6.07, 6.45) is 3.21. The topological polar surface area (TPSA) is 76.3 Å². The fraction of sp³-hybridized carbons (Fsp3) is 0.545. The summed E-state index contributed by atoms with van der Waals surface area (Å²) in [6, 6.07) is 0.967. The van der Waals surface area contributed by atoms with Gasteiger partial charge in [0.1, 0.15) is 10.7 Å². The standard InChI is InChI=1S/C11H16FN3O2S/c1-8-3-2-4-15(11(8)13)18(16,17)10-5-9(12)6-14-7-10/h5-8,11H,2-4,13H2,1H3. The summed E-state index contributed by atoms with van der Waals surface area (Å²) in [5, 5.41) is 0. The number of hydrogen-bond donors (Lipinski definition) is 1. The van der Waals surface area contributed by atoms with Crippen LogP contribution >= 0.6 is 0 Å². The van der Waals surface area contributed by atoms with Crippen LogP contribution < -0.4 is 5.73 Å². The Kier molecular flexibility index (Phi) is 3.65. The number of halogens is 1. The highest BCUT2D eigenvalue weighted by atomic mass is 32.2. The molecule has 1 aromatic rings. The molecule has 0 bridgehead atoms. The van der Waals surface area contributed by atoms with Crippen molar-refractivity contribution in [1.82, 2.24) is 9.29 Å². The Morgan fingerprint density at radius 1 is 1.50 bits per heavy atom. The molecule has 0 aliphatic carbocycles. The molecule has 0 amide bonds. The van der Waals surface area contributed by atoms with Gasteiger partial charge in [0.2, 0.25) is 10.0 Å². The smallest absolute Gasteiger partial charge is 0.246 e. The maximum absolute atomic E-state index is 13.1. The third-order valence-corrected chi connectivity index (χ3v) is 5.10. The van der Waals surface area contributed by atoms with E-state index in [1.54, 1.807) is 0 Å². The van der Waals surface area contributed by atoms with Crippen LogP contribution in [0.1, 0.15) is 19.8 Å². The minimum Gasteiger partial charge on any atom is -0.315 e. The predicted octanol–water partition coefficient (Wildman–Crippen LogP) is 0.926. The molecule has 7 heteroatoms. The maximum Gasteiger partial charge on any atom is 0.246 e. The Balaban J connectivity index is 2.36. The van der Waals surface area contributed by atoms with Crippen LogP contribution in [0.2, 0.25) is 0 Å². The van der Waals surface area contributed by atoms with Gasteiger partial charge in [-0.1, -0.05) is 6.92 Å². The largest absolute Gasteiger partial charge is 0.315 e. The zero-order valence-corrected chi connectivity index (χ0v) is 10.9. The molecule has 0 aromatic carbocycles. The summed E-state index contributed by atoms with van der Waals surface area (Å²) in [5.74, 6) is -0.579. The molecule has 18 heavy (non-hydrogen) atoms. The van der Waals surface area contributed by atoms with Crippen molar-refractivity contribution in [3.05, 3.63) is 24.3 Å². The van der Waals surface area contributed by atoms with Gasteiger partial charge in [0.25, 0.3) is 0 Å². The number of nitrogens with two attached hydrogens (primary N) is 1. The lowest BCUT2D eigenvalue weighted by molar-refractivity contribution is 0.192. The lowest BCUT2D eigenvalue weighted by Gasteiger charge is -2.36. The van der Waals surface area contributed by atoms with E-state index >= 15 is 0 Å². The van der Waals surface area contributed by atoms with Gasteiger partial charge in [-0.3, -0.25) is 4.98 Å². The van der Waals surface area contributed by atoms with E-state index in [2.05, 4.69) is 4.98 Å². The Labute approximate surface area is 106 Å². The predicted molar refractivity (Wildman–Crippen MR) is 64.5 cm³/mol. The van der Waals surface area contributed by atoms with E-state index in [0.29, 0.717) is 6.54 Å². The molecule has 1 aliphatic heterocycles. The fourth-order valence-corrected chi connectivity index (χ4v) is 3.75. The second-order valence-electron chi connectivity index (χ2n) is 4.56. The summed E-state index contributed by atoms with van der Waals surface area (Å²) in [4.78, 5) is 3.42. The Hall–Kier alpha value is -1.05. The molecule has 0 radical (unpaired) electrons. The Morgan fingerprint density at radius 3 is 2.89 bits per heavy atom. The van der Waals surface area contributed by atoms with Gasteiger partial charge in [0.15, 0.2) is 0 Å². The SMILES string of the molecule is CC1CCCN(S(=O)(=O)c2cncc(F)c2)C1N. The fourth-order valence-electron chi connectivity index (χ4n) is 2.12. The van der Waals surface area contributed by atoms with Crippen LogP contribution in [-0.4, -0.2) is 30.4 Å². The van der Waals surface area contributed by atoms with E-state index in [-0.39, 0.29) is 10.8 Å². The molecule has 1 saturated heterocycles. The second-order valence-corrected chi connectivity index (χ2v) is 6.46. The molecule has 1 fully saturated rings. The molecular weight excluding hydrogens is 257 g/mol. The van der Waals surface area contributed by atoms with Crippen LogP contribution in [0.5, 0.6) is 0 Å². The van der Waals surface area contributed by atoms with Crippen molar-refractivity contribution in [3.8, 4) is 0 Å².